The minimum atomic E-state index is -2.06. The maximum Gasteiger partial charge on any atom is 0.328 e. The first kappa shape index (κ1) is 16.9. The smallest absolute Gasteiger partial charge is 0.328 e. The molecule has 0 aliphatic rings. The highest BCUT2D eigenvalue weighted by Gasteiger charge is 2.50. The minimum absolute atomic E-state index is 0.0232. The van der Waals surface area contributed by atoms with E-state index in [2.05, 4.69) is 6.58 Å². The Hall–Kier alpha value is -2.17. The summed E-state index contributed by atoms with van der Waals surface area (Å²) in [6.45, 7) is 7.02. The number of carbonyl (C=O) groups excluding carboxylic acids is 1. The second-order valence-corrected chi connectivity index (χ2v) is 4.87. The number of aliphatic carboxylic acids is 1. The average Bonchev–Trinajstić information content (AvgIpc) is 2.41. The number of esters is 1. The number of hydrogen-bond donors (Lipinski definition) is 1. The van der Waals surface area contributed by atoms with Gasteiger partial charge in [0.05, 0.1) is 6.61 Å². The van der Waals surface area contributed by atoms with Crippen molar-refractivity contribution in [1.29, 1.82) is 0 Å². The third-order valence-electron chi connectivity index (χ3n) is 3.25. The van der Waals surface area contributed by atoms with E-state index >= 15 is 0 Å². The fraction of sp³-hybridized carbons (Fsp3) is 0.375. The maximum absolute atomic E-state index is 14.1. The Kier molecular flexibility index (Phi) is 5.64. The van der Waals surface area contributed by atoms with Gasteiger partial charge in [0.1, 0.15) is 5.82 Å². The Balaban J connectivity index is 3.43. The van der Waals surface area contributed by atoms with Gasteiger partial charge < -0.3 is 9.84 Å². The number of carbonyl (C=O) groups is 2. The average molecular weight is 294 g/mol. The highest BCUT2D eigenvalue weighted by Crippen LogP contribution is 2.34. The van der Waals surface area contributed by atoms with Gasteiger partial charge in [-0.2, -0.15) is 0 Å². The summed E-state index contributed by atoms with van der Waals surface area (Å²) in [5.41, 5.74) is -1.53. The van der Waals surface area contributed by atoms with Crippen LogP contribution in [0.5, 0.6) is 0 Å². The topological polar surface area (TPSA) is 63.6 Å². The summed E-state index contributed by atoms with van der Waals surface area (Å²) >= 11 is 0. The number of allylic oxidation sites excluding steroid dienone is 1. The van der Waals surface area contributed by atoms with Crippen molar-refractivity contribution in [1.82, 2.24) is 0 Å². The molecule has 1 atom stereocenters. The van der Waals surface area contributed by atoms with Crippen LogP contribution in [0, 0.1) is 5.82 Å². The van der Waals surface area contributed by atoms with Gasteiger partial charge in [0, 0.05) is 5.56 Å². The monoisotopic (exact) mass is 294 g/mol. The molecule has 0 radical (unpaired) electrons. The maximum atomic E-state index is 14.1. The first-order valence-electron chi connectivity index (χ1n) is 6.66. The van der Waals surface area contributed by atoms with Gasteiger partial charge in [-0.05, 0) is 32.8 Å². The third kappa shape index (κ3) is 3.48. The van der Waals surface area contributed by atoms with Crippen molar-refractivity contribution in [2.75, 3.05) is 6.61 Å². The molecule has 0 aliphatic heterocycles. The molecule has 0 saturated heterocycles. The fourth-order valence-electron chi connectivity index (χ4n) is 2.12. The van der Waals surface area contributed by atoms with Crippen LogP contribution >= 0.6 is 0 Å². The molecule has 1 unspecified atom stereocenters. The molecule has 0 saturated carbocycles. The van der Waals surface area contributed by atoms with Gasteiger partial charge in [0.15, 0.2) is 5.41 Å². The quantitative estimate of drug-likeness (QED) is 0.477. The van der Waals surface area contributed by atoms with Gasteiger partial charge in [-0.15, -0.1) is 6.58 Å². The Bertz CT molecular complexity index is 553. The molecule has 114 valence electrons. The lowest BCUT2D eigenvalue weighted by molar-refractivity contribution is -0.162. The molecule has 1 N–H and O–H groups in total. The van der Waals surface area contributed by atoms with E-state index in [4.69, 9.17) is 4.74 Å². The van der Waals surface area contributed by atoms with E-state index in [0.717, 1.165) is 6.07 Å². The summed E-state index contributed by atoms with van der Waals surface area (Å²) in [5, 5.41) is 9.61. The summed E-state index contributed by atoms with van der Waals surface area (Å²) in [6, 6.07) is 5.37. The van der Waals surface area contributed by atoms with Crippen LogP contribution in [0.15, 0.2) is 36.4 Å². The predicted molar refractivity (Wildman–Crippen MR) is 76.4 cm³/mol. The molecular formula is C16H19FO4. The molecule has 0 bridgehead atoms. The molecule has 5 heteroatoms. The van der Waals surface area contributed by atoms with E-state index in [0.29, 0.717) is 5.57 Å². The zero-order valence-corrected chi connectivity index (χ0v) is 12.2. The highest BCUT2D eigenvalue weighted by molar-refractivity contribution is 6.05. The van der Waals surface area contributed by atoms with Gasteiger partial charge in [0.25, 0.3) is 0 Å². The van der Waals surface area contributed by atoms with E-state index in [1.54, 1.807) is 13.8 Å². The molecule has 0 aromatic heterocycles. The van der Waals surface area contributed by atoms with Crippen LogP contribution in [0.2, 0.25) is 0 Å². The number of carboxylic acid groups (broad SMARTS) is 1. The van der Waals surface area contributed by atoms with Crippen molar-refractivity contribution in [3.05, 3.63) is 47.8 Å². The third-order valence-corrected chi connectivity index (χ3v) is 3.25. The van der Waals surface area contributed by atoms with Crippen LogP contribution in [0.4, 0.5) is 4.39 Å². The van der Waals surface area contributed by atoms with E-state index in [-0.39, 0.29) is 25.0 Å². The summed E-state index contributed by atoms with van der Waals surface area (Å²) in [6.07, 6.45) is 0.177. The lowest BCUT2D eigenvalue weighted by Gasteiger charge is -2.28. The molecule has 1 aromatic carbocycles. The molecule has 0 aliphatic carbocycles. The number of halogens is 1. The summed E-state index contributed by atoms with van der Waals surface area (Å²) < 4.78 is 19.0. The molecule has 0 heterocycles. The second-order valence-electron chi connectivity index (χ2n) is 4.87. The number of ether oxygens (including phenoxy) is 1. The molecule has 1 rings (SSSR count). The predicted octanol–water partition coefficient (Wildman–Crippen LogP) is 3.07. The fourth-order valence-corrected chi connectivity index (χ4v) is 2.12. The van der Waals surface area contributed by atoms with E-state index in [9.17, 15) is 19.1 Å². The normalized spacial score (nSPS) is 13.3. The molecule has 0 spiro atoms. The number of carboxylic acids is 1. The first-order chi connectivity index (χ1) is 9.86. The molecular weight excluding hydrogens is 275 g/mol. The van der Waals surface area contributed by atoms with Crippen molar-refractivity contribution in [3.8, 4) is 0 Å². The van der Waals surface area contributed by atoms with Crippen LogP contribution in [-0.4, -0.2) is 23.7 Å². The Morgan fingerprint density at radius 1 is 1.38 bits per heavy atom. The second kappa shape index (κ2) is 7.02. The zero-order chi connectivity index (χ0) is 16.0. The van der Waals surface area contributed by atoms with Gasteiger partial charge in [0.2, 0.25) is 0 Å². The van der Waals surface area contributed by atoms with Crippen molar-refractivity contribution in [2.24, 2.45) is 0 Å². The first-order valence-corrected chi connectivity index (χ1v) is 6.66. The summed E-state index contributed by atoms with van der Waals surface area (Å²) in [4.78, 5) is 24.1. The number of rotatable bonds is 7. The van der Waals surface area contributed by atoms with Crippen molar-refractivity contribution < 1.29 is 23.8 Å². The highest BCUT2D eigenvalue weighted by atomic mass is 19.1. The van der Waals surface area contributed by atoms with Crippen LogP contribution in [0.25, 0.3) is 0 Å². The van der Waals surface area contributed by atoms with E-state index in [1.165, 1.54) is 18.2 Å². The Morgan fingerprint density at radius 3 is 2.48 bits per heavy atom. The molecule has 1 aromatic rings. The van der Waals surface area contributed by atoms with Crippen LogP contribution in [-0.2, 0) is 19.7 Å². The Labute approximate surface area is 123 Å². The molecule has 0 amide bonds. The summed E-state index contributed by atoms with van der Waals surface area (Å²) in [7, 11) is 0. The minimum Gasteiger partial charge on any atom is -0.480 e. The van der Waals surface area contributed by atoms with Crippen molar-refractivity contribution in [3.63, 3.8) is 0 Å². The van der Waals surface area contributed by atoms with Crippen LogP contribution in [0.3, 0.4) is 0 Å². The summed E-state index contributed by atoms with van der Waals surface area (Å²) in [5.74, 6) is -3.12. The van der Waals surface area contributed by atoms with Crippen LogP contribution in [0.1, 0.15) is 32.3 Å². The Morgan fingerprint density at radius 2 is 2.00 bits per heavy atom. The number of benzene rings is 1. The SMILES string of the molecule is C=C(C)CCC(C(=O)O)(C(=O)OCC)c1ccccc1F. The molecule has 0 fully saturated rings. The van der Waals surface area contributed by atoms with E-state index < -0.39 is 23.2 Å². The van der Waals surface area contributed by atoms with Crippen molar-refractivity contribution >= 4 is 11.9 Å². The number of hydrogen-bond acceptors (Lipinski definition) is 3. The van der Waals surface area contributed by atoms with Crippen molar-refractivity contribution in [2.45, 2.75) is 32.1 Å². The van der Waals surface area contributed by atoms with Crippen LogP contribution < -0.4 is 0 Å². The van der Waals surface area contributed by atoms with E-state index in [1.807, 2.05) is 0 Å². The van der Waals surface area contributed by atoms with Gasteiger partial charge in [-0.25, -0.2) is 4.39 Å². The standard InChI is InChI=1S/C16H19FO4/c1-4-21-15(20)16(14(18)19,10-9-11(2)3)12-7-5-6-8-13(12)17/h5-8H,2,4,9-10H2,1,3H3,(H,18,19). The molecule has 21 heavy (non-hydrogen) atoms. The zero-order valence-electron chi connectivity index (χ0n) is 12.2. The lowest BCUT2D eigenvalue weighted by Crippen LogP contribution is -2.45. The van der Waals surface area contributed by atoms with Gasteiger partial charge in [-0.3, -0.25) is 9.59 Å². The largest absolute Gasteiger partial charge is 0.480 e. The molecule has 4 nitrogen and oxygen atoms in total. The van der Waals surface area contributed by atoms with Gasteiger partial charge in [-0.1, -0.05) is 23.8 Å². The lowest BCUT2D eigenvalue weighted by atomic mass is 9.75. The van der Waals surface area contributed by atoms with Gasteiger partial charge >= 0.3 is 11.9 Å².